The van der Waals surface area contributed by atoms with E-state index in [2.05, 4.69) is 9.80 Å². The van der Waals surface area contributed by atoms with Crippen LogP contribution in [0.15, 0.2) is 29.2 Å². The second-order valence-corrected chi connectivity index (χ2v) is 7.06. The first-order valence-corrected chi connectivity index (χ1v) is 8.18. The predicted octanol–water partition coefficient (Wildman–Crippen LogP) is 0.762. The van der Waals surface area contributed by atoms with Crippen LogP contribution in [0.5, 0.6) is 0 Å². The highest BCUT2D eigenvalue weighted by atomic mass is 32.2. The molecule has 1 unspecified atom stereocenters. The molecule has 0 saturated carbocycles. The number of anilines is 1. The molecule has 1 saturated heterocycles. The summed E-state index contributed by atoms with van der Waals surface area (Å²) < 4.78 is 47.8. The molecule has 0 radical (unpaired) electrons. The molecule has 2 N–H and O–H groups in total. The van der Waals surface area contributed by atoms with E-state index < -0.39 is 15.6 Å². The van der Waals surface area contributed by atoms with Crippen molar-refractivity contribution in [1.29, 1.82) is 0 Å². The van der Waals surface area contributed by atoms with Crippen molar-refractivity contribution in [3.63, 3.8) is 0 Å². The molecule has 1 aromatic rings. The lowest BCUT2D eigenvalue weighted by Gasteiger charge is -2.41. The van der Waals surface area contributed by atoms with Crippen molar-refractivity contribution in [2.24, 2.45) is 5.73 Å². The van der Waals surface area contributed by atoms with Gasteiger partial charge in [0, 0.05) is 31.9 Å². The number of piperazine rings is 1. The lowest BCUT2D eigenvalue weighted by atomic mass is 10.1. The second-order valence-electron chi connectivity index (χ2n) is 5.14. The zero-order valence-corrected chi connectivity index (χ0v) is 12.6. The van der Waals surface area contributed by atoms with Gasteiger partial charge in [0.2, 0.25) is 9.84 Å². The Kier molecular flexibility index (Phi) is 4.80. The summed E-state index contributed by atoms with van der Waals surface area (Å²) in [6.45, 7) is 2.92. The topological polar surface area (TPSA) is 66.6 Å². The van der Waals surface area contributed by atoms with Gasteiger partial charge in [0.05, 0.1) is 10.9 Å². The fourth-order valence-electron chi connectivity index (χ4n) is 2.48. The minimum atomic E-state index is -4.54. The van der Waals surface area contributed by atoms with Gasteiger partial charge in [-0.3, -0.25) is 0 Å². The van der Waals surface area contributed by atoms with Crippen LogP contribution in [0.1, 0.15) is 0 Å². The summed E-state index contributed by atoms with van der Waals surface area (Å²) in [4.78, 5) is 3.89. The molecule has 21 heavy (non-hydrogen) atoms. The maximum Gasteiger partial charge on any atom is 0.341 e. The van der Waals surface area contributed by atoms with Crippen LogP contribution in [0.4, 0.5) is 14.5 Å². The van der Waals surface area contributed by atoms with E-state index in [4.69, 9.17) is 5.73 Å². The van der Waals surface area contributed by atoms with Crippen LogP contribution in [-0.2, 0) is 9.84 Å². The van der Waals surface area contributed by atoms with Crippen molar-refractivity contribution < 1.29 is 17.2 Å². The van der Waals surface area contributed by atoms with Gasteiger partial charge in [-0.15, -0.1) is 0 Å². The van der Waals surface area contributed by atoms with Crippen molar-refractivity contribution in [3.05, 3.63) is 24.3 Å². The summed E-state index contributed by atoms with van der Waals surface area (Å²) in [5, 5.41) is 0. The van der Waals surface area contributed by atoms with Crippen LogP contribution in [0.3, 0.4) is 0 Å². The molecule has 8 heteroatoms. The first-order chi connectivity index (χ1) is 9.86. The van der Waals surface area contributed by atoms with E-state index in [1.165, 1.54) is 12.1 Å². The minimum absolute atomic E-state index is 0.126. The molecule has 1 aromatic carbocycles. The highest BCUT2D eigenvalue weighted by Crippen LogP contribution is 2.24. The third-order valence-corrected chi connectivity index (χ3v) is 5.09. The summed E-state index contributed by atoms with van der Waals surface area (Å²) in [7, 11) is -2.52. The standard InChI is InChI=1S/C13H19F2N3O2S/c1-17-6-7-18(11(8-16)9-17)10-2-4-12(5-3-10)21(19,20)13(14)15/h2-5,11,13H,6-9,16H2,1H3. The fraction of sp³-hybridized carbons (Fsp3) is 0.538. The van der Waals surface area contributed by atoms with Crippen molar-refractivity contribution in [3.8, 4) is 0 Å². The number of halogens is 2. The summed E-state index contributed by atoms with van der Waals surface area (Å²) in [5.41, 5.74) is 6.57. The normalized spacial score (nSPS) is 21.0. The monoisotopic (exact) mass is 319 g/mol. The number of hydrogen-bond acceptors (Lipinski definition) is 5. The van der Waals surface area contributed by atoms with E-state index >= 15 is 0 Å². The second kappa shape index (κ2) is 6.25. The van der Waals surface area contributed by atoms with Gasteiger partial charge in [0.25, 0.3) is 0 Å². The summed E-state index contributed by atoms with van der Waals surface area (Å²) in [6.07, 6.45) is 0. The van der Waals surface area contributed by atoms with E-state index in [-0.39, 0.29) is 10.9 Å². The maximum absolute atomic E-state index is 12.5. The minimum Gasteiger partial charge on any atom is -0.365 e. The lowest BCUT2D eigenvalue weighted by molar-refractivity contribution is 0.234. The summed E-state index contributed by atoms with van der Waals surface area (Å²) in [5.74, 6) is -3.40. The number of likely N-dealkylation sites (N-methyl/N-ethyl adjacent to an activating group) is 1. The predicted molar refractivity (Wildman–Crippen MR) is 77.3 cm³/mol. The lowest BCUT2D eigenvalue weighted by Crippen LogP contribution is -2.55. The van der Waals surface area contributed by atoms with Gasteiger partial charge in [0.15, 0.2) is 0 Å². The van der Waals surface area contributed by atoms with Crippen LogP contribution >= 0.6 is 0 Å². The quantitative estimate of drug-likeness (QED) is 0.888. The van der Waals surface area contributed by atoms with Gasteiger partial charge in [0.1, 0.15) is 0 Å². The van der Waals surface area contributed by atoms with E-state index in [0.717, 1.165) is 25.3 Å². The zero-order chi connectivity index (χ0) is 15.6. The van der Waals surface area contributed by atoms with Crippen molar-refractivity contribution in [1.82, 2.24) is 4.90 Å². The highest BCUT2D eigenvalue weighted by Gasteiger charge is 2.28. The van der Waals surface area contributed by atoms with Gasteiger partial charge >= 0.3 is 5.76 Å². The van der Waals surface area contributed by atoms with Crippen LogP contribution < -0.4 is 10.6 Å². The van der Waals surface area contributed by atoms with Crippen LogP contribution in [0, 0.1) is 0 Å². The Morgan fingerprint density at radius 3 is 2.43 bits per heavy atom. The number of rotatable bonds is 4. The molecule has 5 nitrogen and oxygen atoms in total. The van der Waals surface area contributed by atoms with Gasteiger partial charge < -0.3 is 15.5 Å². The first kappa shape index (κ1) is 16.1. The molecule has 2 rings (SSSR count). The van der Waals surface area contributed by atoms with Gasteiger partial charge in [-0.2, -0.15) is 8.78 Å². The van der Waals surface area contributed by atoms with Crippen molar-refractivity contribution in [2.45, 2.75) is 16.7 Å². The molecule has 118 valence electrons. The Morgan fingerprint density at radius 1 is 1.29 bits per heavy atom. The zero-order valence-electron chi connectivity index (χ0n) is 11.7. The van der Waals surface area contributed by atoms with E-state index in [0.29, 0.717) is 6.54 Å². The molecule has 0 bridgehead atoms. The van der Waals surface area contributed by atoms with Gasteiger partial charge in [-0.1, -0.05) is 0 Å². The number of nitrogens with zero attached hydrogens (tertiary/aromatic N) is 2. The molecule has 0 aromatic heterocycles. The molecular formula is C13H19F2N3O2S. The average Bonchev–Trinajstić information content (AvgIpc) is 2.47. The van der Waals surface area contributed by atoms with E-state index in [9.17, 15) is 17.2 Å². The number of hydrogen-bond donors (Lipinski definition) is 1. The molecule has 0 aliphatic carbocycles. The SMILES string of the molecule is CN1CCN(c2ccc(S(=O)(=O)C(F)F)cc2)C(CN)C1. The van der Waals surface area contributed by atoms with Crippen LogP contribution in [0.25, 0.3) is 0 Å². The Hall–Kier alpha value is -1.25. The number of benzene rings is 1. The number of nitrogens with two attached hydrogens (primary N) is 1. The first-order valence-electron chi connectivity index (χ1n) is 6.63. The molecule has 1 aliphatic heterocycles. The van der Waals surface area contributed by atoms with Crippen LogP contribution in [0.2, 0.25) is 0 Å². The molecule has 1 heterocycles. The fourth-order valence-corrected chi connectivity index (χ4v) is 3.20. The Balaban J connectivity index is 2.23. The number of sulfone groups is 1. The summed E-state index contributed by atoms with van der Waals surface area (Å²) >= 11 is 0. The van der Waals surface area contributed by atoms with Crippen LogP contribution in [-0.4, -0.2) is 58.3 Å². The molecular weight excluding hydrogens is 300 g/mol. The molecule has 0 spiro atoms. The third-order valence-electron chi connectivity index (χ3n) is 3.69. The largest absolute Gasteiger partial charge is 0.365 e. The molecule has 1 atom stereocenters. The average molecular weight is 319 g/mol. The highest BCUT2D eigenvalue weighted by molar-refractivity contribution is 7.91. The van der Waals surface area contributed by atoms with E-state index in [1.807, 2.05) is 7.05 Å². The third kappa shape index (κ3) is 3.33. The Labute approximate surface area is 123 Å². The molecule has 0 amide bonds. The number of alkyl halides is 2. The van der Waals surface area contributed by atoms with Gasteiger partial charge in [-0.25, -0.2) is 8.42 Å². The Bertz CT molecular complexity index is 578. The van der Waals surface area contributed by atoms with Gasteiger partial charge in [-0.05, 0) is 31.3 Å². The molecule has 1 aliphatic rings. The molecule has 1 fully saturated rings. The van der Waals surface area contributed by atoms with Crippen molar-refractivity contribution in [2.75, 3.05) is 38.1 Å². The van der Waals surface area contributed by atoms with Crippen molar-refractivity contribution >= 4 is 15.5 Å². The summed E-state index contributed by atoms with van der Waals surface area (Å²) in [6, 6.07) is 5.69. The van der Waals surface area contributed by atoms with E-state index in [1.54, 1.807) is 12.1 Å². The smallest absolute Gasteiger partial charge is 0.341 e. The Morgan fingerprint density at radius 2 is 1.90 bits per heavy atom. The maximum atomic E-state index is 12.5.